The average molecular weight is 453 g/mol. The van der Waals surface area contributed by atoms with Gasteiger partial charge in [0.1, 0.15) is 12.6 Å². The first-order chi connectivity index (χ1) is 16.0. The highest BCUT2D eigenvalue weighted by Crippen LogP contribution is 2.44. The molecule has 176 valence electrons. The number of fused-ring (bicyclic) bond motifs is 3. The fraction of sp³-hybridized carbons (Fsp3) is 0.423. The van der Waals surface area contributed by atoms with Crippen molar-refractivity contribution in [2.24, 2.45) is 0 Å². The SMILES string of the molecule is CCCN(CCC)C(=O)C(CCC(=O)O)NC(=O)OCC1c2ccccc2-c2ccccc21. The molecule has 2 N–H and O–H groups in total. The maximum absolute atomic E-state index is 13.0. The summed E-state index contributed by atoms with van der Waals surface area (Å²) < 4.78 is 5.56. The molecule has 7 heteroatoms. The van der Waals surface area contributed by atoms with E-state index in [0.717, 1.165) is 35.1 Å². The summed E-state index contributed by atoms with van der Waals surface area (Å²) in [6.45, 7) is 5.20. The van der Waals surface area contributed by atoms with Gasteiger partial charge in [-0.2, -0.15) is 0 Å². The summed E-state index contributed by atoms with van der Waals surface area (Å²) in [5.74, 6) is -1.37. The van der Waals surface area contributed by atoms with Crippen LogP contribution in [0.4, 0.5) is 4.79 Å². The second kappa shape index (κ2) is 11.5. The van der Waals surface area contributed by atoms with E-state index in [1.807, 2.05) is 50.2 Å². The van der Waals surface area contributed by atoms with Crippen molar-refractivity contribution < 1.29 is 24.2 Å². The van der Waals surface area contributed by atoms with Gasteiger partial charge in [-0.15, -0.1) is 0 Å². The van der Waals surface area contributed by atoms with Gasteiger partial charge in [-0.05, 0) is 41.5 Å². The minimum atomic E-state index is -1.01. The Hall–Kier alpha value is -3.35. The minimum Gasteiger partial charge on any atom is -0.481 e. The number of carboxylic acids is 1. The lowest BCUT2D eigenvalue weighted by molar-refractivity contribution is -0.138. The smallest absolute Gasteiger partial charge is 0.407 e. The molecule has 2 aromatic carbocycles. The molecule has 3 rings (SSSR count). The maximum Gasteiger partial charge on any atom is 0.407 e. The quantitative estimate of drug-likeness (QED) is 0.527. The van der Waals surface area contributed by atoms with E-state index in [4.69, 9.17) is 9.84 Å². The Morgan fingerprint density at radius 3 is 2.03 bits per heavy atom. The van der Waals surface area contributed by atoms with Crippen LogP contribution in [0.3, 0.4) is 0 Å². The Labute approximate surface area is 194 Å². The van der Waals surface area contributed by atoms with Crippen LogP contribution in [0, 0.1) is 0 Å². The fourth-order valence-electron chi connectivity index (χ4n) is 4.40. The number of nitrogens with zero attached hydrogens (tertiary/aromatic N) is 1. The van der Waals surface area contributed by atoms with E-state index < -0.39 is 18.1 Å². The molecule has 0 saturated heterocycles. The van der Waals surface area contributed by atoms with Crippen LogP contribution in [-0.4, -0.2) is 53.7 Å². The summed E-state index contributed by atoms with van der Waals surface area (Å²) >= 11 is 0. The molecule has 33 heavy (non-hydrogen) atoms. The first-order valence-electron chi connectivity index (χ1n) is 11.6. The third kappa shape index (κ3) is 5.92. The molecule has 1 atom stereocenters. The lowest BCUT2D eigenvalue weighted by Gasteiger charge is -2.27. The third-order valence-electron chi connectivity index (χ3n) is 5.88. The third-order valence-corrected chi connectivity index (χ3v) is 5.88. The molecule has 0 fully saturated rings. The van der Waals surface area contributed by atoms with E-state index in [9.17, 15) is 14.4 Å². The number of hydrogen-bond acceptors (Lipinski definition) is 4. The number of aliphatic carboxylic acids is 1. The molecule has 2 aromatic rings. The largest absolute Gasteiger partial charge is 0.481 e. The van der Waals surface area contributed by atoms with Crippen LogP contribution in [-0.2, 0) is 14.3 Å². The first kappa shape index (κ1) is 24.3. The van der Waals surface area contributed by atoms with Gasteiger partial charge in [0.2, 0.25) is 5.91 Å². The van der Waals surface area contributed by atoms with Gasteiger partial charge in [0, 0.05) is 25.4 Å². The zero-order chi connectivity index (χ0) is 23.8. The molecule has 1 unspecified atom stereocenters. The van der Waals surface area contributed by atoms with Crippen molar-refractivity contribution in [3.8, 4) is 11.1 Å². The summed E-state index contributed by atoms with van der Waals surface area (Å²) in [6, 6.07) is 15.2. The number of carbonyl (C=O) groups excluding carboxylic acids is 2. The number of ether oxygens (including phenoxy) is 1. The zero-order valence-corrected chi connectivity index (χ0v) is 19.3. The number of carboxylic acid groups (broad SMARTS) is 1. The Morgan fingerprint density at radius 2 is 1.52 bits per heavy atom. The molecule has 0 radical (unpaired) electrons. The summed E-state index contributed by atoms with van der Waals surface area (Å²) in [5.41, 5.74) is 4.46. The molecule has 0 heterocycles. The number of nitrogens with one attached hydrogen (secondary N) is 1. The van der Waals surface area contributed by atoms with Crippen LogP contribution in [0.5, 0.6) is 0 Å². The lowest BCUT2D eigenvalue weighted by atomic mass is 9.98. The number of amides is 2. The Bertz CT molecular complexity index is 939. The molecule has 0 saturated carbocycles. The second-order valence-corrected chi connectivity index (χ2v) is 8.28. The van der Waals surface area contributed by atoms with Crippen LogP contribution in [0.15, 0.2) is 48.5 Å². The summed E-state index contributed by atoms with van der Waals surface area (Å²) in [7, 11) is 0. The van der Waals surface area contributed by atoms with Gasteiger partial charge in [-0.3, -0.25) is 9.59 Å². The van der Waals surface area contributed by atoms with Crippen LogP contribution in [0.1, 0.15) is 56.6 Å². The second-order valence-electron chi connectivity index (χ2n) is 8.28. The fourth-order valence-corrected chi connectivity index (χ4v) is 4.40. The van der Waals surface area contributed by atoms with Crippen molar-refractivity contribution in [1.29, 1.82) is 0 Å². The van der Waals surface area contributed by atoms with Crippen molar-refractivity contribution in [3.05, 3.63) is 59.7 Å². The monoisotopic (exact) mass is 452 g/mol. The molecule has 0 aliphatic heterocycles. The maximum atomic E-state index is 13.0. The molecular weight excluding hydrogens is 420 g/mol. The van der Waals surface area contributed by atoms with Crippen LogP contribution in [0.2, 0.25) is 0 Å². The van der Waals surface area contributed by atoms with Gasteiger partial charge in [0.05, 0.1) is 0 Å². The molecule has 0 bridgehead atoms. The van der Waals surface area contributed by atoms with Gasteiger partial charge in [0.15, 0.2) is 0 Å². The summed E-state index contributed by atoms with van der Waals surface area (Å²) in [4.78, 5) is 38.5. The zero-order valence-electron chi connectivity index (χ0n) is 19.3. The Morgan fingerprint density at radius 1 is 0.970 bits per heavy atom. The van der Waals surface area contributed by atoms with Crippen molar-refractivity contribution in [2.45, 2.75) is 51.5 Å². The van der Waals surface area contributed by atoms with Crippen molar-refractivity contribution >= 4 is 18.0 Å². The van der Waals surface area contributed by atoms with Crippen LogP contribution >= 0.6 is 0 Å². The van der Waals surface area contributed by atoms with Crippen molar-refractivity contribution in [3.63, 3.8) is 0 Å². The van der Waals surface area contributed by atoms with E-state index >= 15 is 0 Å². The Balaban J connectivity index is 1.69. The summed E-state index contributed by atoms with van der Waals surface area (Å²) in [6.07, 6.45) is 0.646. The minimum absolute atomic E-state index is 0.0162. The van der Waals surface area contributed by atoms with Gasteiger partial charge in [-0.1, -0.05) is 62.4 Å². The highest BCUT2D eigenvalue weighted by atomic mass is 16.5. The predicted octanol–water partition coefficient (Wildman–Crippen LogP) is 4.41. The number of carbonyl (C=O) groups is 3. The predicted molar refractivity (Wildman–Crippen MR) is 126 cm³/mol. The number of rotatable bonds is 11. The highest BCUT2D eigenvalue weighted by molar-refractivity contribution is 5.86. The van der Waals surface area contributed by atoms with E-state index in [2.05, 4.69) is 17.4 Å². The number of benzene rings is 2. The number of alkyl carbamates (subject to hydrolysis) is 1. The highest BCUT2D eigenvalue weighted by Gasteiger charge is 2.30. The Kier molecular flexibility index (Phi) is 8.46. The first-order valence-corrected chi connectivity index (χ1v) is 11.6. The van der Waals surface area contributed by atoms with Crippen LogP contribution < -0.4 is 5.32 Å². The van der Waals surface area contributed by atoms with Gasteiger partial charge >= 0.3 is 12.1 Å². The van der Waals surface area contributed by atoms with Gasteiger partial charge < -0.3 is 20.1 Å². The molecule has 2 amide bonds. The van der Waals surface area contributed by atoms with E-state index in [0.29, 0.717) is 13.1 Å². The number of hydrogen-bond donors (Lipinski definition) is 2. The topological polar surface area (TPSA) is 95.9 Å². The van der Waals surface area contributed by atoms with Gasteiger partial charge in [0.25, 0.3) is 0 Å². The molecule has 0 spiro atoms. The molecule has 7 nitrogen and oxygen atoms in total. The molecule has 0 aromatic heterocycles. The lowest BCUT2D eigenvalue weighted by Crippen LogP contribution is -2.49. The van der Waals surface area contributed by atoms with Crippen LogP contribution in [0.25, 0.3) is 11.1 Å². The van der Waals surface area contributed by atoms with E-state index in [1.54, 1.807) is 4.90 Å². The van der Waals surface area contributed by atoms with E-state index in [1.165, 1.54) is 0 Å². The molecule has 1 aliphatic carbocycles. The standard InChI is InChI=1S/C26H32N2O5/c1-3-15-28(16-4-2)25(31)23(13-14-24(29)30)27-26(32)33-17-22-20-11-7-5-9-18(20)19-10-6-8-12-21(19)22/h5-12,22-23H,3-4,13-17H2,1-2H3,(H,27,32)(H,29,30). The molecular formula is C26H32N2O5. The average Bonchev–Trinajstić information content (AvgIpc) is 3.13. The van der Waals surface area contributed by atoms with Gasteiger partial charge in [-0.25, -0.2) is 4.79 Å². The van der Waals surface area contributed by atoms with Crippen molar-refractivity contribution in [1.82, 2.24) is 10.2 Å². The van der Waals surface area contributed by atoms with Crippen molar-refractivity contribution in [2.75, 3.05) is 19.7 Å². The molecule has 1 aliphatic rings. The normalized spacial score (nSPS) is 13.0. The summed E-state index contributed by atoms with van der Waals surface area (Å²) in [5, 5.41) is 11.7. The van der Waals surface area contributed by atoms with E-state index in [-0.39, 0.29) is 31.3 Å².